The van der Waals surface area contributed by atoms with Gasteiger partial charge in [0.05, 0.1) is 30.8 Å². The van der Waals surface area contributed by atoms with E-state index >= 15 is 0 Å². The Labute approximate surface area is 186 Å². The van der Waals surface area contributed by atoms with Crippen molar-refractivity contribution in [3.05, 3.63) is 59.2 Å². The third-order valence-electron chi connectivity index (χ3n) is 5.57. The SMILES string of the molecule is COC(=O)c1ccc(OCCCc2ccc(O)cc2)c(C(=O)N2CCC(C(=O)O)CC2)c1. The number of carbonyl (C=O) groups is 3. The number of phenolic OH excluding ortho intramolecular Hbond substituents is 1. The molecule has 3 rings (SSSR count). The van der Waals surface area contributed by atoms with Crippen LogP contribution in [-0.2, 0) is 16.0 Å². The molecule has 2 N–H and O–H groups in total. The second kappa shape index (κ2) is 10.7. The van der Waals surface area contributed by atoms with Crippen molar-refractivity contribution in [3.8, 4) is 11.5 Å². The molecule has 1 aliphatic rings. The van der Waals surface area contributed by atoms with Crippen LogP contribution in [0, 0.1) is 5.92 Å². The lowest BCUT2D eigenvalue weighted by atomic mass is 9.96. The molecule has 1 amide bonds. The number of nitrogens with zero attached hydrogens (tertiary/aromatic N) is 1. The molecule has 2 aromatic rings. The summed E-state index contributed by atoms with van der Waals surface area (Å²) in [7, 11) is 1.27. The van der Waals surface area contributed by atoms with E-state index in [-0.39, 0.29) is 22.8 Å². The molecule has 2 aromatic carbocycles. The van der Waals surface area contributed by atoms with Gasteiger partial charge in [0.2, 0.25) is 0 Å². The zero-order chi connectivity index (χ0) is 23.1. The molecule has 170 valence electrons. The van der Waals surface area contributed by atoms with Crippen molar-refractivity contribution >= 4 is 17.8 Å². The highest BCUT2D eigenvalue weighted by molar-refractivity contribution is 6.00. The minimum atomic E-state index is -0.845. The Morgan fingerprint density at radius 2 is 1.75 bits per heavy atom. The van der Waals surface area contributed by atoms with Crippen molar-refractivity contribution in [2.75, 3.05) is 26.8 Å². The molecule has 0 unspecified atom stereocenters. The summed E-state index contributed by atoms with van der Waals surface area (Å²) in [6, 6.07) is 11.6. The Balaban J connectivity index is 1.69. The van der Waals surface area contributed by atoms with Gasteiger partial charge in [-0.15, -0.1) is 0 Å². The van der Waals surface area contributed by atoms with Crippen molar-refractivity contribution in [1.29, 1.82) is 0 Å². The molecule has 0 spiro atoms. The number of carboxylic acid groups (broad SMARTS) is 1. The van der Waals surface area contributed by atoms with Crippen molar-refractivity contribution in [3.63, 3.8) is 0 Å². The Hall–Kier alpha value is -3.55. The fourth-order valence-corrected chi connectivity index (χ4v) is 3.69. The number of aromatic hydroxyl groups is 1. The number of ether oxygens (including phenoxy) is 2. The van der Waals surface area contributed by atoms with Crippen LogP contribution in [0.15, 0.2) is 42.5 Å². The summed E-state index contributed by atoms with van der Waals surface area (Å²) in [5, 5.41) is 18.5. The maximum atomic E-state index is 13.2. The van der Waals surface area contributed by atoms with Gasteiger partial charge in [-0.1, -0.05) is 12.1 Å². The van der Waals surface area contributed by atoms with Gasteiger partial charge in [-0.05, 0) is 61.6 Å². The van der Waals surface area contributed by atoms with Crippen LogP contribution >= 0.6 is 0 Å². The van der Waals surface area contributed by atoms with Crippen LogP contribution in [0.5, 0.6) is 11.5 Å². The van der Waals surface area contributed by atoms with E-state index in [1.165, 1.54) is 13.2 Å². The van der Waals surface area contributed by atoms with Gasteiger partial charge in [-0.25, -0.2) is 4.79 Å². The highest BCUT2D eigenvalue weighted by Gasteiger charge is 2.29. The van der Waals surface area contributed by atoms with Crippen LogP contribution < -0.4 is 4.74 Å². The standard InChI is InChI=1S/C24H27NO7/c1-31-24(30)18-6-9-21(32-14-2-3-16-4-7-19(26)8-5-16)20(15-18)22(27)25-12-10-17(11-13-25)23(28)29/h4-9,15,17,26H,2-3,10-14H2,1H3,(H,28,29). The summed E-state index contributed by atoms with van der Waals surface area (Å²) < 4.78 is 10.6. The van der Waals surface area contributed by atoms with E-state index in [2.05, 4.69) is 0 Å². The average Bonchev–Trinajstić information content (AvgIpc) is 2.82. The van der Waals surface area contributed by atoms with Crippen molar-refractivity contribution < 1.29 is 34.1 Å². The maximum Gasteiger partial charge on any atom is 0.337 e. The Bertz CT molecular complexity index is 963. The molecule has 0 bridgehead atoms. The Morgan fingerprint density at radius 3 is 2.38 bits per heavy atom. The summed E-state index contributed by atoms with van der Waals surface area (Å²) in [5.74, 6) is -1.56. The predicted molar refractivity (Wildman–Crippen MR) is 116 cm³/mol. The van der Waals surface area contributed by atoms with Gasteiger partial charge in [0.15, 0.2) is 0 Å². The second-order valence-electron chi connectivity index (χ2n) is 7.73. The fraction of sp³-hybridized carbons (Fsp3) is 0.375. The molecule has 1 fully saturated rings. The number of carboxylic acids is 1. The molecule has 1 aliphatic heterocycles. The number of rotatable bonds is 8. The lowest BCUT2D eigenvalue weighted by molar-refractivity contribution is -0.143. The quantitative estimate of drug-likeness (QED) is 0.478. The molecular formula is C24H27NO7. The van der Waals surface area contributed by atoms with E-state index < -0.39 is 17.9 Å². The summed E-state index contributed by atoms with van der Waals surface area (Å²) in [6.07, 6.45) is 2.22. The lowest BCUT2D eigenvalue weighted by Gasteiger charge is -2.30. The first-order valence-corrected chi connectivity index (χ1v) is 10.5. The Morgan fingerprint density at radius 1 is 1.06 bits per heavy atom. The number of amides is 1. The van der Waals surface area contributed by atoms with Crippen LogP contribution in [0.2, 0.25) is 0 Å². The third kappa shape index (κ3) is 5.78. The van der Waals surface area contributed by atoms with Crippen molar-refractivity contribution in [2.24, 2.45) is 5.92 Å². The highest BCUT2D eigenvalue weighted by Crippen LogP contribution is 2.26. The molecule has 1 saturated heterocycles. The zero-order valence-electron chi connectivity index (χ0n) is 18.0. The predicted octanol–water partition coefficient (Wildman–Crippen LogP) is 3.13. The monoisotopic (exact) mass is 441 g/mol. The van der Waals surface area contributed by atoms with E-state index in [4.69, 9.17) is 9.47 Å². The van der Waals surface area contributed by atoms with Gasteiger partial charge in [-0.2, -0.15) is 0 Å². The normalized spacial score (nSPS) is 14.1. The molecule has 8 heteroatoms. The molecule has 0 radical (unpaired) electrons. The molecular weight excluding hydrogens is 414 g/mol. The zero-order valence-corrected chi connectivity index (χ0v) is 18.0. The topological polar surface area (TPSA) is 113 Å². The number of benzene rings is 2. The number of carbonyl (C=O) groups excluding carboxylic acids is 2. The number of esters is 1. The van der Waals surface area contributed by atoms with E-state index in [1.54, 1.807) is 29.2 Å². The Kier molecular flexibility index (Phi) is 7.70. The van der Waals surface area contributed by atoms with Gasteiger partial charge < -0.3 is 24.6 Å². The number of hydrogen-bond acceptors (Lipinski definition) is 6. The number of piperidine rings is 1. The number of hydrogen-bond donors (Lipinski definition) is 2. The highest BCUT2D eigenvalue weighted by atomic mass is 16.5. The lowest BCUT2D eigenvalue weighted by Crippen LogP contribution is -2.40. The minimum Gasteiger partial charge on any atom is -0.508 e. The first-order chi connectivity index (χ1) is 15.4. The van der Waals surface area contributed by atoms with E-state index in [0.717, 1.165) is 12.0 Å². The smallest absolute Gasteiger partial charge is 0.337 e. The summed E-state index contributed by atoms with van der Waals surface area (Å²) in [5.41, 5.74) is 1.56. The van der Waals surface area contributed by atoms with Gasteiger partial charge >= 0.3 is 11.9 Å². The van der Waals surface area contributed by atoms with Crippen LogP contribution in [-0.4, -0.2) is 59.8 Å². The third-order valence-corrected chi connectivity index (χ3v) is 5.57. The number of aryl methyl sites for hydroxylation is 1. The van der Waals surface area contributed by atoms with Crippen LogP contribution in [0.4, 0.5) is 0 Å². The molecule has 8 nitrogen and oxygen atoms in total. The van der Waals surface area contributed by atoms with Crippen molar-refractivity contribution in [1.82, 2.24) is 4.90 Å². The molecule has 0 atom stereocenters. The fourth-order valence-electron chi connectivity index (χ4n) is 3.69. The van der Waals surface area contributed by atoms with Gasteiger partial charge in [-0.3, -0.25) is 9.59 Å². The first kappa shape index (κ1) is 23.1. The largest absolute Gasteiger partial charge is 0.508 e. The molecule has 32 heavy (non-hydrogen) atoms. The molecule has 0 aromatic heterocycles. The average molecular weight is 441 g/mol. The minimum absolute atomic E-state index is 0.214. The van der Waals surface area contributed by atoms with E-state index in [1.807, 2.05) is 12.1 Å². The van der Waals surface area contributed by atoms with Crippen LogP contribution in [0.3, 0.4) is 0 Å². The maximum absolute atomic E-state index is 13.2. The second-order valence-corrected chi connectivity index (χ2v) is 7.73. The van der Waals surface area contributed by atoms with Crippen LogP contribution in [0.1, 0.15) is 45.5 Å². The number of aliphatic carboxylic acids is 1. The van der Waals surface area contributed by atoms with E-state index in [9.17, 15) is 24.6 Å². The summed E-state index contributed by atoms with van der Waals surface area (Å²) in [4.78, 5) is 37.9. The number of methoxy groups -OCH3 is 1. The number of likely N-dealkylation sites (tertiary alicyclic amines) is 1. The molecule has 0 aliphatic carbocycles. The van der Waals surface area contributed by atoms with E-state index in [0.29, 0.717) is 44.7 Å². The number of phenols is 1. The summed E-state index contributed by atoms with van der Waals surface area (Å²) >= 11 is 0. The van der Waals surface area contributed by atoms with Gasteiger partial charge in [0, 0.05) is 13.1 Å². The molecule has 1 heterocycles. The molecule has 0 saturated carbocycles. The van der Waals surface area contributed by atoms with Crippen LogP contribution in [0.25, 0.3) is 0 Å². The van der Waals surface area contributed by atoms with Gasteiger partial charge in [0.25, 0.3) is 5.91 Å². The first-order valence-electron chi connectivity index (χ1n) is 10.5. The van der Waals surface area contributed by atoms with Crippen molar-refractivity contribution in [2.45, 2.75) is 25.7 Å². The summed E-state index contributed by atoms with van der Waals surface area (Å²) in [6.45, 7) is 1.02. The van der Waals surface area contributed by atoms with Gasteiger partial charge in [0.1, 0.15) is 11.5 Å².